The van der Waals surface area contributed by atoms with Gasteiger partial charge in [0.2, 0.25) is 0 Å². The van der Waals surface area contributed by atoms with Crippen LogP contribution in [0.5, 0.6) is 11.5 Å². The van der Waals surface area contributed by atoms with E-state index in [0.717, 1.165) is 61.8 Å². The Kier molecular flexibility index (Phi) is 11.1. The summed E-state index contributed by atoms with van der Waals surface area (Å²) in [7, 11) is 4.37. The molecule has 8 nitrogen and oxygen atoms in total. The van der Waals surface area contributed by atoms with E-state index in [1.54, 1.807) is 0 Å². The maximum absolute atomic E-state index is 6.48. The summed E-state index contributed by atoms with van der Waals surface area (Å²) in [5, 5.41) is 7.37. The van der Waals surface area contributed by atoms with Crippen molar-refractivity contribution in [3.8, 4) is 11.5 Å². The molecule has 0 spiro atoms. The van der Waals surface area contributed by atoms with Crippen LogP contribution in [0.25, 0.3) is 55.5 Å². The SMILES string of the molecule is C[N+]1=C(/C=C/c2cn(COc3ccc(OCn4cc(/C=C/C5=[N+](C)CCN5Cc5ccccc5)c5c6ccccc6ccc54)cc3)c3ccc4ccccc4c23)N(Cc2ccccc2)CC1. The van der Waals surface area contributed by atoms with Gasteiger partial charge in [-0.2, -0.15) is 0 Å². The number of hydrogen-bond acceptors (Lipinski definition) is 4. The number of ether oxygens (including phenoxy) is 2. The Hall–Kier alpha value is -7.84. The van der Waals surface area contributed by atoms with Crippen molar-refractivity contribution in [3.05, 3.63) is 205 Å². The van der Waals surface area contributed by atoms with Crippen LogP contribution in [-0.2, 0) is 26.6 Å². The smallest absolute Gasteiger partial charge is 0.272 e. The molecule has 0 fully saturated rings. The molecule has 0 atom stereocenters. The van der Waals surface area contributed by atoms with Crippen LogP contribution in [0.15, 0.2) is 182 Å². The standard InChI is InChI=1S/C58H54N6O2/c1-59-33-35-61(37-43-13-5-3-6-14-43)55(59)31-23-47-39-63(53-29-21-45-17-9-11-19-51(45)57(47)53)41-65-49-25-27-50(28-26-49)66-42-64-40-48(58-52-20-12-10-18-46(52)22-30-54(58)64)24-32-56-60(2)34-36-62(56)38-44-15-7-4-8-16-44/h3-32,39-40H,33-38,41-42H2,1-2H3/q+2. The molecule has 8 heteroatoms. The van der Waals surface area contributed by atoms with Gasteiger partial charge in [0.05, 0.1) is 25.1 Å². The normalized spacial score (nSPS) is 14.5. The van der Waals surface area contributed by atoms with Gasteiger partial charge in [-0.15, -0.1) is 0 Å². The second-order valence-corrected chi connectivity index (χ2v) is 17.5. The van der Waals surface area contributed by atoms with Crippen LogP contribution in [0.1, 0.15) is 22.3 Å². The Morgan fingerprint density at radius 1 is 0.455 bits per heavy atom. The number of aromatic nitrogens is 2. The molecule has 0 aliphatic carbocycles. The summed E-state index contributed by atoms with van der Waals surface area (Å²) in [5.41, 5.74) is 7.24. The van der Waals surface area contributed by atoms with Crippen LogP contribution in [0.2, 0.25) is 0 Å². The van der Waals surface area contributed by atoms with E-state index in [4.69, 9.17) is 9.47 Å². The molecule has 0 radical (unpaired) electrons. The molecule has 0 N–H and O–H groups in total. The number of hydrogen-bond donors (Lipinski definition) is 0. The van der Waals surface area contributed by atoms with Crippen molar-refractivity contribution < 1.29 is 18.6 Å². The third-order valence-electron chi connectivity index (χ3n) is 13.3. The average molecular weight is 867 g/mol. The molecule has 2 aliphatic heterocycles. The van der Waals surface area contributed by atoms with Crippen molar-refractivity contribution in [2.45, 2.75) is 26.6 Å². The second-order valence-electron chi connectivity index (χ2n) is 17.5. The minimum Gasteiger partial charge on any atom is -0.473 e. The largest absolute Gasteiger partial charge is 0.473 e. The molecule has 9 aromatic rings. The Morgan fingerprint density at radius 2 is 0.864 bits per heavy atom. The number of likely N-dealkylation sites (N-methyl/N-ethyl adjacent to an activating group) is 2. The Labute approximate surface area is 386 Å². The van der Waals surface area contributed by atoms with Gasteiger partial charge in [0.15, 0.2) is 13.5 Å². The molecule has 2 aromatic heterocycles. The van der Waals surface area contributed by atoms with Gasteiger partial charge in [-0.1, -0.05) is 121 Å². The minimum atomic E-state index is 0.373. The van der Waals surface area contributed by atoms with Crippen molar-refractivity contribution in [1.82, 2.24) is 18.9 Å². The molecule has 0 bridgehead atoms. The molecule has 0 amide bonds. The number of benzene rings is 7. The van der Waals surface area contributed by atoms with Crippen molar-refractivity contribution in [1.29, 1.82) is 0 Å². The lowest BCUT2D eigenvalue weighted by Crippen LogP contribution is -2.27. The predicted molar refractivity (Wildman–Crippen MR) is 270 cm³/mol. The first-order valence-corrected chi connectivity index (χ1v) is 23.0. The lowest BCUT2D eigenvalue weighted by Gasteiger charge is -2.11. The molecule has 11 rings (SSSR count). The Morgan fingerprint density at radius 3 is 1.30 bits per heavy atom. The van der Waals surface area contributed by atoms with Crippen LogP contribution in [-0.4, -0.2) is 80.0 Å². The van der Waals surface area contributed by atoms with Crippen molar-refractivity contribution in [3.63, 3.8) is 0 Å². The van der Waals surface area contributed by atoms with Gasteiger partial charge in [-0.05, 0) is 81.2 Å². The topological polar surface area (TPSA) is 40.8 Å². The van der Waals surface area contributed by atoms with Crippen LogP contribution in [0.4, 0.5) is 0 Å². The van der Waals surface area contributed by atoms with Gasteiger partial charge < -0.3 is 18.6 Å². The molecule has 0 saturated heterocycles. The molecule has 7 aromatic carbocycles. The third-order valence-corrected chi connectivity index (χ3v) is 13.3. The zero-order chi connectivity index (χ0) is 44.4. The maximum atomic E-state index is 6.48. The first-order chi connectivity index (χ1) is 32.5. The van der Waals surface area contributed by atoms with Gasteiger partial charge in [-0.3, -0.25) is 19.0 Å². The lowest BCUT2D eigenvalue weighted by molar-refractivity contribution is -0.485. The molecule has 66 heavy (non-hydrogen) atoms. The highest BCUT2D eigenvalue weighted by Gasteiger charge is 2.28. The summed E-state index contributed by atoms with van der Waals surface area (Å²) in [4.78, 5) is 4.93. The second kappa shape index (κ2) is 18.0. The summed E-state index contributed by atoms with van der Waals surface area (Å²) in [5.74, 6) is 4.02. The highest BCUT2D eigenvalue weighted by Crippen LogP contribution is 2.33. The molecule has 0 unspecified atom stereocenters. The molecular weight excluding hydrogens is 813 g/mol. The molecule has 4 heterocycles. The van der Waals surface area contributed by atoms with E-state index in [-0.39, 0.29) is 0 Å². The fraction of sp³-hybridized carbons (Fsp3) is 0.172. The van der Waals surface area contributed by atoms with Crippen LogP contribution in [0.3, 0.4) is 0 Å². The first-order valence-electron chi connectivity index (χ1n) is 23.0. The van der Waals surface area contributed by atoms with Gasteiger partial charge >= 0.3 is 0 Å². The van der Waals surface area contributed by atoms with Gasteiger partial charge in [0.1, 0.15) is 50.8 Å². The Bertz CT molecular complexity index is 3120. The summed E-state index contributed by atoms with van der Waals surface area (Å²) >= 11 is 0. The monoisotopic (exact) mass is 866 g/mol. The number of fused-ring (bicyclic) bond motifs is 6. The van der Waals surface area contributed by atoms with Crippen LogP contribution in [0, 0.1) is 0 Å². The fourth-order valence-electron chi connectivity index (χ4n) is 9.80. The summed E-state index contributed by atoms with van der Waals surface area (Å²) in [6.45, 7) is 6.52. The fourth-order valence-corrected chi connectivity index (χ4v) is 9.80. The summed E-state index contributed by atoms with van der Waals surface area (Å²) in [6.07, 6.45) is 13.6. The molecule has 326 valence electrons. The highest BCUT2D eigenvalue weighted by atomic mass is 16.5. The molecule has 0 saturated carbocycles. The van der Waals surface area contributed by atoms with Crippen molar-refractivity contribution in [2.24, 2.45) is 0 Å². The zero-order valence-electron chi connectivity index (χ0n) is 37.6. The maximum Gasteiger partial charge on any atom is 0.272 e. The third kappa shape index (κ3) is 8.22. The minimum absolute atomic E-state index is 0.373. The summed E-state index contributed by atoms with van der Waals surface area (Å²) < 4.78 is 22.1. The lowest BCUT2D eigenvalue weighted by atomic mass is 10.0. The van der Waals surface area contributed by atoms with Gasteiger partial charge in [-0.25, -0.2) is 0 Å². The number of rotatable bonds is 14. The average Bonchev–Trinajstić information content (AvgIpc) is 4.12. The van der Waals surface area contributed by atoms with Gasteiger partial charge in [0, 0.05) is 46.4 Å². The van der Waals surface area contributed by atoms with Crippen molar-refractivity contribution >= 4 is 67.2 Å². The van der Waals surface area contributed by atoms with E-state index in [2.05, 4.69) is 212 Å². The van der Waals surface area contributed by atoms with E-state index in [1.807, 2.05) is 24.3 Å². The summed E-state index contributed by atoms with van der Waals surface area (Å²) in [6, 6.07) is 55.6. The van der Waals surface area contributed by atoms with E-state index in [9.17, 15) is 0 Å². The predicted octanol–water partition coefficient (Wildman–Crippen LogP) is 11.1. The van der Waals surface area contributed by atoms with Gasteiger partial charge in [0.25, 0.3) is 11.7 Å². The number of amidine groups is 2. The van der Waals surface area contributed by atoms with Crippen LogP contribution >= 0.6 is 0 Å². The highest BCUT2D eigenvalue weighted by molar-refractivity contribution is 6.12. The number of nitrogens with zero attached hydrogens (tertiary/aromatic N) is 6. The quantitative estimate of drug-likeness (QED) is 0.102. The van der Waals surface area contributed by atoms with E-state index >= 15 is 0 Å². The first kappa shape index (κ1) is 40.9. The zero-order valence-corrected chi connectivity index (χ0v) is 37.6. The van der Waals surface area contributed by atoms with E-state index in [0.29, 0.717) is 13.5 Å². The molecular formula is C58H54N6O2+2. The Balaban J connectivity index is 0.810. The van der Waals surface area contributed by atoms with E-state index < -0.39 is 0 Å². The molecule has 2 aliphatic rings. The van der Waals surface area contributed by atoms with Crippen molar-refractivity contribution in [2.75, 3.05) is 40.3 Å². The van der Waals surface area contributed by atoms with E-state index in [1.165, 1.54) is 66.2 Å². The van der Waals surface area contributed by atoms with Crippen LogP contribution < -0.4 is 9.47 Å².